The van der Waals surface area contributed by atoms with E-state index >= 15 is 0 Å². The van der Waals surface area contributed by atoms with Crippen LogP contribution in [-0.2, 0) is 6.54 Å². The van der Waals surface area contributed by atoms with Crippen molar-refractivity contribution < 1.29 is 22.7 Å². The molecule has 0 amide bonds. The number of alkyl halides is 3. The maximum Gasteiger partial charge on any atom is 0.574 e. The van der Waals surface area contributed by atoms with E-state index in [9.17, 15) is 18.0 Å². The molecule has 0 bridgehead atoms. The van der Waals surface area contributed by atoms with Crippen molar-refractivity contribution in [3.8, 4) is 5.88 Å². The summed E-state index contributed by atoms with van der Waals surface area (Å²) in [5.74, 6) is -0.760. The summed E-state index contributed by atoms with van der Waals surface area (Å²) < 4.78 is 39.3. The van der Waals surface area contributed by atoms with E-state index < -0.39 is 12.2 Å². The largest absolute Gasteiger partial charge is 0.574 e. The van der Waals surface area contributed by atoms with Gasteiger partial charge in [0.2, 0.25) is 5.88 Å². The summed E-state index contributed by atoms with van der Waals surface area (Å²) in [4.78, 5) is 14.0. The van der Waals surface area contributed by atoms with Crippen molar-refractivity contribution in [2.75, 3.05) is 5.73 Å². The highest BCUT2D eigenvalue weighted by Gasteiger charge is 2.32. The second-order valence-corrected chi connectivity index (χ2v) is 2.78. The first-order chi connectivity index (χ1) is 7.37. The number of carbonyl (C=O) groups is 1. The third-order valence-corrected chi connectivity index (χ3v) is 1.69. The van der Waals surface area contributed by atoms with E-state index in [2.05, 4.69) is 9.72 Å². The predicted molar refractivity (Wildman–Crippen MR) is 48.6 cm³/mol. The van der Waals surface area contributed by atoms with Crippen LogP contribution in [0.15, 0.2) is 6.07 Å². The highest BCUT2D eigenvalue weighted by molar-refractivity contribution is 5.84. The normalized spacial score (nSPS) is 11.2. The number of hydrogen-bond donors (Lipinski definition) is 2. The zero-order valence-corrected chi connectivity index (χ0v) is 7.91. The molecule has 1 rings (SSSR count). The Morgan fingerprint density at radius 1 is 1.50 bits per heavy atom. The van der Waals surface area contributed by atoms with Crippen LogP contribution in [0.1, 0.15) is 16.1 Å². The average Bonchev–Trinajstić information content (AvgIpc) is 2.18. The van der Waals surface area contributed by atoms with Gasteiger partial charge in [0.25, 0.3) is 0 Å². The molecule has 0 unspecified atom stereocenters. The molecule has 0 saturated heterocycles. The van der Waals surface area contributed by atoms with E-state index in [1.165, 1.54) is 0 Å². The maximum absolute atomic E-state index is 11.9. The first-order valence-electron chi connectivity index (χ1n) is 4.07. The lowest BCUT2D eigenvalue weighted by Gasteiger charge is -2.11. The topological polar surface area (TPSA) is 91.2 Å². The molecular weight excluding hydrogens is 227 g/mol. The average molecular weight is 235 g/mol. The lowest BCUT2D eigenvalue weighted by atomic mass is 10.2. The number of carbonyl (C=O) groups excluding carboxylic acids is 1. The lowest BCUT2D eigenvalue weighted by molar-refractivity contribution is -0.276. The third-order valence-electron chi connectivity index (χ3n) is 1.69. The summed E-state index contributed by atoms with van der Waals surface area (Å²) >= 11 is 0. The SMILES string of the molecule is NCc1nc(OC(F)(F)F)cc(C=O)c1N. The van der Waals surface area contributed by atoms with Crippen molar-refractivity contribution in [3.05, 3.63) is 17.3 Å². The predicted octanol–water partition coefficient (Wildman–Crippen LogP) is 0.834. The van der Waals surface area contributed by atoms with Crippen molar-refractivity contribution in [1.29, 1.82) is 0 Å². The smallest absolute Gasteiger partial charge is 0.397 e. The number of halogens is 3. The van der Waals surface area contributed by atoms with Crippen LogP contribution >= 0.6 is 0 Å². The maximum atomic E-state index is 11.9. The van der Waals surface area contributed by atoms with Gasteiger partial charge in [-0.2, -0.15) is 0 Å². The van der Waals surface area contributed by atoms with Crippen molar-refractivity contribution in [1.82, 2.24) is 4.98 Å². The third kappa shape index (κ3) is 2.83. The molecule has 16 heavy (non-hydrogen) atoms. The molecule has 0 fully saturated rings. The van der Waals surface area contributed by atoms with Gasteiger partial charge in [0.05, 0.1) is 11.4 Å². The first-order valence-corrected chi connectivity index (χ1v) is 4.07. The van der Waals surface area contributed by atoms with Gasteiger partial charge in [0, 0.05) is 18.2 Å². The van der Waals surface area contributed by atoms with Gasteiger partial charge in [0.1, 0.15) is 0 Å². The molecule has 0 aromatic carbocycles. The Morgan fingerprint density at radius 3 is 2.56 bits per heavy atom. The Labute approximate surface area is 88.2 Å². The van der Waals surface area contributed by atoms with Gasteiger partial charge in [-0.05, 0) is 0 Å². The molecule has 0 atom stereocenters. The van der Waals surface area contributed by atoms with Gasteiger partial charge in [-0.3, -0.25) is 4.79 Å². The molecule has 1 heterocycles. The van der Waals surface area contributed by atoms with Crippen LogP contribution < -0.4 is 16.2 Å². The molecule has 0 aliphatic rings. The minimum Gasteiger partial charge on any atom is -0.397 e. The molecule has 1 aromatic rings. The Kier molecular flexibility index (Phi) is 3.33. The molecule has 8 heteroatoms. The number of anilines is 1. The molecule has 0 spiro atoms. The number of rotatable bonds is 3. The molecule has 88 valence electrons. The van der Waals surface area contributed by atoms with Crippen molar-refractivity contribution in [2.24, 2.45) is 5.73 Å². The Hall–Kier alpha value is -1.83. The van der Waals surface area contributed by atoms with Crippen LogP contribution in [0.3, 0.4) is 0 Å². The summed E-state index contributed by atoms with van der Waals surface area (Å²) in [6.07, 6.45) is -4.57. The number of nitrogens with two attached hydrogens (primary N) is 2. The van der Waals surface area contributed by atoms with E-state index in [4.69, 9.17) is 11.5 Å². The van der Waals surface area contributed by atoms with Gasteiger partial charge in [-0.1, -0.05) is 0 Å². The summed E-state index contributed by atoms with van der Waals surface area (Å²) in [7, 11) is 0. The number of hydrogen-bond acceptors (Lipinski definition) is 5. The number of nitrogens with zero attached hydrogens (tertiary/aromatic N) is 1. The van der Waals surface area contributed by atoms with E-state index in [-0.39, 0.29) is 23.5 Å². The fraction of sp³-hybridized carbons (Fsp3) is 0.250. The van der Waals surface area contributed by atoms with Crippen LogP contribution in [0.4, 0.5) is 18.9 Å². The summed E-state index contributed by atoms with van der Waals surface area (Å²) in [6.45, 7) is -0.193. The molecular formula is C8H8F3N3O2. The van der Waals surface area contributed by atoms with Gasteiger partial charge in [0.15, 0.2) is 6.29 Å². The Bertz CT molecular complexity index is 406. The zero-order chi connectivity index (χ0) is 12.3. The standard InChI is InChI=1S/C8H8F3N3O2/c9-8(10,11)16-6-1-4(3-15)7(13)5(2-12)14-6/h1,3H,2,12-13H2. The first kappa shape index (κ1) is 12.2. The van der Waals surface area contributed by atoms with E-state index in [0.717, 1.165) is 6.07 Å². The van der Waals surface area contributed by atoms with Crippen LogP contribution in [-0.4, -0.2) is 17.6 Å². The molecule has 0 saturated carbocycles. The highest BCUT2D eigenvalue weighted by Crippen LogP contribution is 2.25. The second-order valence-electron chi connectivity index (χ2n) is 2.78. The number of pyridine rings is 1. The molecule has 0 radical (unpaired) electrons. The van der Waals surface area contributed by atoms with E-state index in [0.29, 0.717) is 6.29 Å². The van der Waals surface area contributed by atoms with Crippen molar-refractivity contribution >= 4 is 12.0 Å². The monoisotopic (exact) mass is 235 g/mol. The van der Waals surface area contributed by atoms with Crippen LogP contribution in [0.5, 0.6) is 5.88 Å². The molecule has 1 aromatic heterocycles. The van der Waals surface area contributed by atoms with Crippen LogP contribution in [0.2, 0.25) is 0 Å². The Balaban J connectivity index is 3.17. The lowest BCUT2D eigenvalue weighted by Crippen LogP contribution is -2.19. The van der Waals surface area contributed by atoms with Crippen LogP contribution in [0.25, 0.3) is 0 Å². The van der Waals surface area contributed by atoms with Crippen molar-refractivity contribution in [3.63, 3.8) is 0 Å². The number of nitrogen functional groups attached to an aromatic ring is 1. The molecule has 4 N–H and O–H groups in total. The number of ether oxygens (including phenoxy) is 1. The quantitative estimate of drug-likeness (QED) is 0.757. The zero-order valence-electron chi connectivity index (χ0n) is 7.91. The summed E-state index contributed by atoms with van der Waals surface area (Å²) in [5.41, 5.74) is 10.4. The number of aldehydes is 1. The Morgan fingerprint density at radius 2 is 2.12 bits per heavy atom. The van der Waals surface area contributed by atoms with E-state index in [1.807, 2.05) is 0 Å². The van der Waals surface area contributed by atoms with Crippen LogP contribution in [0, 0.1) is 0 Å². The minimum atomic E-state index is -4.88. The number of aromatic nitrogens is 1. The van der Waals surface area contributed by atoms with Gasteiger partial charge < -0.3 is 16.2 Å². The second kappa shape index (κ2) is 4.35. The van der Waals surface area contributed by atoms with Gasteiger partial charge >= 0.3 is 6.36 Å². The van der Waals surface area contributed by atoms with Gasteiger partial charge in [-0.15, -0.1) is 13.2 Å². The summed E-state index contributed by atoms with van der Waals surface area (Å²) in [5, 5.41) is 0. The molecule has 0 aliphatic carbocycles. The minimum absolute atomic E-state index is 0.0242. The van der Waals surface area contributed by atoms with E-state index in [1.54, 1.807) is 0 Å². The van der Waals surface area contributed by atoms with Gasteiger partial charge in [-0.25, -0.2) is 4.98 Å². The molecule has 5 nitrogen and oxygen atoms in total. The molecule has 0 aliphatic heterocycles. The fourth-order valence-electron chi connectivity index (χ4n) is 1.03. The fourth-order valence-corrected chi connectivity index (χ4v) is 1.03. The highest BCUT2D eigenvalue weighted by atomic mass is 19.4. The van der Waals surface area contributed by atoms with Crippen molar-refractivity contribution in [2.45, 2.75) is 12.9 Å². The summed E-state index contributed by atoms with van der Waals surface area (Å²) in [6, 6.07) is 0.801.